The summed E-state index contributed by atoms with van der Waals surface area (Å²) in [7, 11) is 0. The van der Waals surface area contributed by atoms with E-state index in [-0.39, 0.29) is 12.0 Å². The Bertz CT molecular complexity index is 469. The highest BCUT2D eigenvalue weighted by molar-refractivity contribution is 5.42. The van der Waals surface area contributed by atoms with Gasteiger partial charge in [-0.3, -0.25) is 10.1 Å². The molecule has 0 aliphatic carbocycles. The number of aliphatic hydroxyl groups is 1. The zero-order chi connectivity index (χ0) is 14.1. The monoisotopic (exact) mass is 259 g/mol. The minimum atomic E-state index is -1.23. The van der Waals surface area contributed by atoms with Crippen molar-refractivity contribution >= 4 is 5.69 Å². The first kappa shape index (κ1) is 14.5. The van der Waals surface area contributed by atoms with E-state index in [1.54, 1.807) is 20.8 Å². The number of nitro benzene ring substituents is 1. The molecule has 0 fully saturated rings. The first-order valence-electron chi connectivity index (χ1n) is 5.43. The van der Waals surface area contributed by atoms with Gasteiger partial charge in [0.1, 0.15) is 5.82 Å². The van der Waals surface area contributed by atoms with Crippen LogP contribution >= 0.6 is 0 Å². The second-order valence-electron chi connectivity index (χ2n) is 5.24. The molecule has 1 N–H and O–H groups in total. The van der Waals surface area contributed by atoms with Crippen molar-refractivity contribution in [3.8, 4) is 0 Å². The highest BCUT2D eigenvalue weighted by Crippen LogP contribution is 2.29. The molecule has 1 rings (SSSR count). The molecular weight excluding hydrogens is 244 g/mol. The fraction of sp³-hybridized carbons (Fsp3) is 0.500. The van der Waals surface area contributed by atoms with Gasteiger partial charge in [0.2, 0.25) is 5.82 Å². The van der Waals surface area contributed by atoms with Crippen molar-refractivity contribution < 1.29 is 18.8 Å². The number of nitro groups is 1. The average Bonchev–Trinajstić information content (AvgIpc) is 2.13. The van der Waals surface area contributed by atoms with Gasteiger partial charge >= 0.3 is 5.69 Å². The highest BCUT2D eigenvalue weighted by Gasteiger charge is 2.28. The number of hydrogen-bond donors (Lipinski definition) is 1. The van der Waals surface area contributed by atoms with E-state index in [1.807, 2.05) is 0 Å². The summed E-state index contributed by atoms with van der Waals surface area (Å²) < 4.78 is 26.4. The molecule has 0 heterocycles. The van der Waals surface area contributed by atoms with Crippen molar-refractivity contribution in [2.24, 2.45) is 5.41 Å². The van der Waals surface area contributed by atoms with Gasteiger partial charge in [-0.2, -0.15) is 4.39 Å². The van der Waals surface area contributed by atoms with E-state index in [1.165, 1.54) is 0 Å². The third-order valence-corrected chi connectivity index (χ3v) is 2.70. The van der Waals surface area contributed by atoms with Crippen LogP contribution in [0.3, 0.4) is 0 Å². The van der Waals surface area contributed by atoms with Crippen LogP contribution in [-0.4, -0.2) is 16.1 Å². The second-order valence-corrected chi connectivity index (χ2v) is 5.24. The van der Waals surface area contributed by atoms with Crippen molar-refractivity contribution in [2.45, 2.75) is 33.3 Å². The van der Waals surface area contributed by atoms with Crippen molar-refractivity contribution in [3.63, 3.8) is 0 Å². The summed E-state index contributed by atoms with van der Waals surface area (Å²) in [5, 5.41) is 20.6. The molecule has 0 bridgehead atoms. The Hall–Kier alpha value is -1.56. The van der Waals surface area contributed by atoms with E-state index < -0.39 is 33.8 Å². The maximum atomic E-state index is 13.3. The smallest absolute Gasteiger partial charge is 0.308 e. The van der Waals surface area contributed by atoms with Crippen molar-refractivity contribution in [3.05, 3.63) is 39.4 Å². The third-order valence-electron chi connectivity index (χ3n) is 2.70. The molecule has 1 aromatic carbocycles. The minimum Gasteiger partial charge on any atom is -0.392 e. The van der Waals surface area contributed by atoms with Crippen molar-refractivity contribution in [1.82, 2.24) is 0 Å². The van der Waals surface area contributed by atoms with Gasteiger partial charge in [0.25, 0.3) is 0 Å². The van der Waals surface area contributed by atoms with Gasteiger partial charge in [-0.05, 0) is 11.5 Å². The molecule has 0 aromatic heterocycles. The molecule has 0 saturated heterocycles. The summed E-state index contributed by atoms with van der Waals surface area (Å²) >= 11 is 0. The van der Waals surface area contributed by atoms with Gasteiger partial charge in [-0.15, -0.1) is 0 Å². The Balaban J connectivity index is 3.19. The van der Waals surface area contributed by atoms with Gasteiger partial charge in [-0.25, -0.2) is 4.39 Å². The zero-order valence-corrected chi connectivity index (χ0v) is 10.4. The predicted molar refractivity (Wildman–Crippen MR) is 62.2 cm³/mol. The fourth-order valence-corrected chi connectivity index (χ4v) is 1.49. The highest BCUT2D eigenvalue weighted by atomic mass is 19.1. The normalized spacial score (nSPS) is 13.4. The van der Waals surface area contributed by atoms with Crippen molar-refractivity contribution in [2.75, 3.05) is 0 Å². The maximum Gasteiger partial charge on any atom is 0.308 e. The van der Waals surface area contributed by atoms with Crippen LogP contribution < -0.4 is 0 Å². The lowest BCUT2D eigenvalue weighted by molar-refractivity contribution is -0.388. The van der Waals surface area contributed by atoms with E-state index in [2.05, 4.69) is 0 Å². The van der Waals surface area contributed by atoms with Gasteiger partial charge < -0.3 is 5.11 Å². The van der Waals surface area contributed by atoms with Gasteiger partial charge in [0.05, 0.1) is 11.0 Å². The molecule has 4 nitrogen and oxygen atoms in total. The minimum absolute atomic E-state index is 0.139. The lowest BCUT2D eigenvalue weighted by atomic mass is 9.85. The van der Waals surface area contributed by atoms with E-state index in [9.17, 15) is 24.0 Å². The molecule has 100 valence electrons. The summed E-state index contributed by atoms with van der Waals surface area (Å²) in [6, 6.07) is 1.35. The summed E-state index contributed by atoms with van der Waals surface area (Å²) in [5.74, 6) is -2.12. The molecule has 1 aromatic rings. The lowest BCUT2D eigenvalue weighted by Gasteiger charge is -2.25. The zero-order valence-electron chi connectivity index (χ0n) is 10.4. The van der Waals surface area contributed by atoms with Crippen LogP contribution in [0, 0.1) is 27.2 Å². The Morgan fingerprint density at radius 1 is 1.39 bits per heavy atom. The Labute approximate surface area is 103 Å². The first-order chi connectivity index (χ1) is 8.12. The molecule has 0 aliphatic heterocycles. The summed E-state index contributed by atoms with van der Waals surface area (Å²) in [6.07, 6.45) is -1.11. The topological polar surface area (TPSA) is 63.4 Å². The molecule has 0 amide bonds. The molecule has 0 saturated carbocycles. The average molecular weight is 259 g/mol. The number of nitrogens with zero attached hydrogens (tertiary/aromatic N) is 1. The molecule has 6 heteroatoms. The lowest BCUT2D eigenvalue weighted by Crippen LogP contribution is -2.28. The SMILES string of the molecule is CC(C)(C)C(O)Cc1cc(F)cc(F)c1[N+](=O)[O-]. The maximum absolute atomic E-state index is 13.3. The standard InChI is InChI=1S/C12H15F2NO3/c1-12(2,3)10(16)5-7-4-8(13)6-9(14)11(7)15(17)18/h4,6,10,16H,5H2,1-3H3. The second kappa shape index (κ2) is 4.97. The quantitative estimate of drug-likeness (QED) is 0.670. The number of halogens is 2. The summed E-state index contributed by atoms with van der Waals surface area (Å²) in [5.41, 5.74) is -1.45. The molecule has 0 radical (unpaired) electrons. The van der Waals surface area contributed by atoms with E-state index >= 15 is 0 Å². The van der Waals surface area contributed by atoms with Gasteiger partial charge in [-0.1, -0.05) is 20.8 Å². The van der Waals surface area contributed by atoms with Crippen LogP contribution in [0.1, 0.15) is 26.3 Å². The van der Waals surface area contributed by atoms with Crippen molar-refractivity contribution in [1.29, 1.82) is 0 Å². The Morgan fingerprint density at radius 2 is 1.94 bits per heavy atom. The molecule has 1 unspecified atom stereocenters. The molecule has 1 atom stereocenters. The van der Waals surface area contributed by atoms with E-state index in [0.29, 0.717) is 6.07 Å². The third kappa shape index (κ3) is 3.22. The summed E-state index contributed by atoms with van der Waals surface area (Å²) in [6.45, 7) is 5.21. The molecule has 0 aliphatic rings. The molecular formula is C12H15F2NO3. The number of aliphatic hydroxyl groups excluding tert-OH is 1. The van der Waals surface area contributed by atoms with Crippen LogP contribution in [0.4, 0.5) is 14.5 Å². The van der Waals surface area contributed by atoms with Crippen LogP contribution in [0.2, 0.25) is 0 Å². The van der Waals surface area contributed by atoms with Crippen LogP contribution in [0.25, 0.3) is 0 Å². The summed E-state index contributed by atoms with van der Waals surface area (Å²) in [4.78, 5) is 9.84. The Morgan fingerprint density at radius 3 is 2.39 bits per heavy atom. The van der Waals surface area contributed by atoms with E-state index in [0.717, 1.165) is 6.07 Å². The number of hydrogen-bond acceptors (Lipinski definition) is 3. The molecule has 18 heavy (non-hydrogen) atoms. The predicted octanol–water partition coefficient (Wildman–Crippen LogP) is 2.82. The van der Waals surface area contributed by atoms with Crippen LogP contribution in [0.5, 0.6) is 0 Å². The van der Waals surface area contributed by atoms with Gasteiger partial charge in [0.15, 0.2) is 0 Å². The Kier molecular flexibility index (Phi) is 4.01. The number of rotatable bonds is 3. The van der Waals surface area contributed by atoms with E-state index in [4.69, 9.17) is 0 Å². The van der Waals surface area contributed by atoms with Crippen LogP contribution in [-0.2, 0) is 6.42 Å². The fourth-order valence-electron chi connectivity index (χ4n) is 1.49. The largest absolute Gasteiger partial charge is 0.392 e. The first-order valence-corrected chi connectivity index (χ1v) is 5.43. The number of benzene rings is 1. The molecule has 0 spiro atoms. The van der Waals surface area contributed by atoms with Crippen LogP contribution in [0.15, 0.2) is 12.1 Å². The van der Waals surface area contributed by atoms with Gasteiger partial charge in [0, 0.05) is 18.1 Å².